The van der Waals surface area contributed by atoms with Crippen LogP contribution in [0.1, 0.15) is 27.6 Å². The molecule has 0 amide bonds. The third-order valence-corrected chi connectivity index (χ3v) is 3.86. The summed E-state index contributed by atoms with van der Waals surface area (Å²) in [5.74, 6) is 0. The third-order valence-electron chi connectivity index (χ3n) is 2.98. The van der Waals surface area contributed by atoms with Crippen molar-refractivity contribution >= 4 is 11.3 Å². The van der Waals surface area contributed by atoms with E-state index in [1.54, 1.807) is 11.3 Å². The van der Waals surface area contributed by atoms with E-state index in [2.05, 4.69) is 54.9 Å². The van der Waals surface area contributed by atoms with Crippen LogP contribution in [0.15, 0.2) is 35.7 Å². The quantitative estimate of drug-likeness (QED) is 0.866. The van der Waals surface area contributed by atoms with Crippen molar-refractivity contribution in [2.45, 2.75) is 26.4 Å². The van der Waals surface area contributed by atoms with Crippen LogP contribution in [0.25, 0.3) is 0 Å². The van der Waals surface area contributed by atoms with Crippen molar-refractivity contribution in [1.82, 2.24) is 5.32 Å². The van der Waals surface area contributed by atoms with Gasteiger partial charge < -0.3 is 11.1 Å². The molecule has 0 aliphatic rings. The molecule has 0 saturated heterocycles. The lowest BCUT2D eigenvalue weighted by Gasteiger charge is -2.18. The molecular formula is C15H20N2S. The van der Waals surface area contributed by atoms with E-state index in [1.807, 2.05) is 0 Å². The molecule has 1 unspecified atom stereocenters. The molecule has 18 heavy (non-hydrogen) atoms. The third kappa shape index (κ3) is 3.42. The van der Waals surface area contributed by atoms with E-state index in [-0.39, 0.29) is 6.04 Å². The van der Waals surface area contributed by atoms with Crippen molar-refractivity contribution in [3.8, 4) is 0 Å². The van der Waals surface area contributed by atoms with Crippen molar-refractivity contribution in [2.75, 3.05) is 6.54 Å². The minimum Gasteiger partial charge on any atom is -0.329 e. The van der Waals surface area contributed by atoms with Gasteiger partial charge in [-0.1, -0.05) is 35.4 Å². The zero-order valence-corrected chi connectivity index (χ0v) is 11.8. The summed E-state index contributed by atoms with van der Waals surface area (Å²) in [6.45, 7) is 5.76. The average molecular weight is 260 g/mol. The second-order valence-corrected chi connectivity index (χ2v) is 5.70. The fourth-order valence-corrected chi connectivity index (χ4v) is 2.84. The second-order valence-electron chi connectivity index (χ2n) is 4.67. The van der Waals surface area contributed by atoms with E-state index in [9.17, 15) is 0 Å². The lowest BCUT2D eigenvalue weighted by atomic mass is 10.0. The summed E-state index contributed by atoms with van der Waals surface area (Å²) in [4.78, 5) is 1.35. The lowest BCUT2D eigenvalue weighted by molar-refractivity contribution is 0.544. The Morgan fingerprint density at radius 1 is 1.22 bits per heavy atom. The Hall–Kier alpha value is -1.16. The number of aryl methyl sites for hydroxylation is 2. The summed E-state index contributed by atoms with van der Waals surface area (Å²) in [6.07, 6.45) is 0. The molecule has 1 atom stereocenters. The van der Waals surface area contributed by atoms with Gasteiger partial charge in [-0.25, -0.2) is 0 Å². The zero-order valence-electron chi connectivity index (χ0n) is 10.9. The first-order valence-corrected chi connectivity index (χ1v) is 7.11. The summed E-state index contributed by atoms with van der Waals surface area (Å²) < 4.78 is 0. The summed E-state index contributed by atoms with van der Waals surface area (Å²) in [5.41, 5.74) is 9.76. The van der Waals surface area contributed by atoms with Gasteiger partial charge in [0.05, 0.1) is 0 Å². The van der Waals surface area contributed by atoms with E-state index in [4.69, 9.17) is 5.73 Å². The van der Waals surface area contributed by atoms with Gasteiger partial charge in [0, 0.05) is 24.0 Å². The summed E-state index contributed by atoms with van der Waals surface area (Å²) >= 11 is 1.77. The first-order valence-electron chi connectivity index (χ1n) is 6.23. The first-order chi connectivity index (χ1) is 8.69. The van der Waals surface area contributed by atoms with Crippen LogP contribution in [-0.4, -0.2) is 6.54 Å². The maximum Gasteiger partial charge on any atom is 0.0447 e. The second kappa shape index (κ2) is 6.14. The Balaban J connectivity index is 2.07. The van der Waals surface area contributed by atoms with Gasteiger partial charge in [0.2, 0.25) is 0 Å². The smallest absolute Gasteiger partial charge is 0.0447 e. The standard InChI is InChI=1S/C15H20N2S/c1-11-6-12(2)8-13(7-11)15(9-16)17-10-14-4-3-5-18-14/h3-8,15,17H,9-10,16H2,1-2H3. The minimum atomic E-state index is 0.227. The van der Waals surface area contributed by atoms with Crippen molar-refractivity contribution in [2.24, 2.45) is 5.73 Å². The number of rotatable bonds is 5. The molecule has 0 spiro atoms. The lowest BCUT2D eigenvalue weighted by Crippen LogP contribution is -2.27. The predicted molar refractivity (Wildman–Crippen MR) is 78.9 cm³/mol. The van der Waals surface area contributed by atoms with E-state index < -0.39 is 0 Å². The molecule has 2 aromatic rings. The van der Waals surface area contributed by atoms with Gasteiger partial charge in [-0.15, -0.1) is 11.3 Å². The first kappa shape index (κ1) is 13.3. The maximum absolute atomic E-state index is 5.89. The predicted octanol–water partition coefficient (Wildman–Crippen LogP) is 3.15. The number of thiophene rings is 1. The van der Waals surface area contributed by atoms with Crippen molar-refractivity contribution in [1.29, 1.82) is 0 Å². The van der Waals surface area contributed by atoms with E-state index in [1.165, 1.54) is 21.6 Å². The molecule has 2 rings (SSSR count). The normalized spacial score (nSPS) is 12.6. The Kier molecular flexibility index (Phi) is 4.53. The largest absolute Gasteiger partial charge is 0.329 e. The molecule has 0 aliphatic carbocycles. The van der Waals surface area contributed by atoms with Crippen LogP contribution in [0.4, 0.5) is 0 Å². The van der Waals surface area contributed by atoms with Crippen molar-refractivity contribution in [3.05, 3.63) is 57.3 Å². The molecule has 1 heterocycles. The number of hydrogen-bond acceptors (Lipinski definition) is 3. The molecule has 3 heteroatoms. The molecule has 1 aromatic heterocycles. The van der Waals surface area contributed by atoms with Crippen LogP contribution in [0, 0.1) is 13.8 Å². The van der Waals surface area contributed by atoms with Gasteiger partial charge in [0.25, 0.3) is 0 Å². The highest BCUT2D eigenvalue weighted by Gasteiger charge is 2.10. The van der Waals surface area contributed by atoms with Gasteiger partial charge in [0.15, 0.2) is 0 Å². The summed E-state index contributed by atoms with van der Waals surface area (Å²) in [5, 5.41) is 5.63. The number of benzene rings is 1. The highest BCUT2D eigenvalue weighted by atomic mass is 32.1. The highest BCUT2D eigenvalue weighted by molar-refractivity contribution is 7.09. The molecule has 0 radical (unpaired) electrons. The topological polar surface area (TPSA) is 38.0 Å². The Morgan fingerprint density at radius 2 is 1.94 bits per heavy atom. The van der Waals surface area contributed by atoms with Gasteiger partial charge in [0.1, 0.15) is 0 Å². The van der Waals surface area contributed by atoms with Crippen LogP contribution in [0.5, 0.6) is 0 Å². The molecule has 0 saturated carbocycles. The van der Waals surface area contributed by atoms with Crippen LogP contribution in [0.2, 0.25) is 0 Å². The monoisotopic (exact) mass is 260 g/mol. The fourth-order valence-electron chi connectivity index (χ4n) is 2.19. The van der Waals surface area contributed by atoms with Gasteiger partial charge in [-0.3, -0.25) is 0 Å². The Bertz CT molecular complexity index is 471. The molecule has 0 fully saturated rings. The van der Waals surface area contributed by atoms with Crippen molar-refractivity contribution < 1.29 is 0 Å². The van der Waals surface area contributed by atoms with Crippen LogP contribution in [-0.2, 0) is 6.54 Å². The Morgan fingerprint density at radius 3 is 2.50 bits per heavy atom. The maximum atomic E-state index is 5.89. The van der Waals surface area contributed by atoms with Gasteiger partial charge in [-0.2, -0.15) is 0 Å². The fraction of sp³-hybridized carbons (Fsp3) is 0.333. The number of hydrogen-bond donors (Lipinski definition) is 2. The molecule has 2 nitrogen and oxygen atoms in total. The van der Waals surface area contributed by atoms with Gasteiger partial charge in [-0.05, 0) is 30.9 Å². The molecule has 96 valence electrons. The molecular weight excluding hydrogens is 240 g/mol. The summed E-state index contributed by atoms with van der Waals surface area (Å²) in [6, 6.07) is 11.1. The van der Waals surface area contributed by atoms with E-state index in [0.29, 0.717) is 6.54 Å². The van der Waals surface area contributed by atoms with E-state index in [0.717, 1.165) is 6.54 Å². The Labute approximate surface area is 113 Å². The molecule has 0 aliphatic heterocycles. The van der Waals surface area contributed by atoms with Gasteiger partial charge >= 0.3 is 0 Å². The summed E-state index contributed by atoms with van der Waals surface area (Å²) in [7, 11) is 0. The van der Waals surface area contributed by atoms with E-state index >= 15 is 0 Å². The molecule has 1 aromatic carbocycles. The molecule has 3 N–H and O–H groups in total. The number of nitrogens with one attached hydrogen (secondary N) is 1. The molecule has 0 bridgehead atoms. The van der Waals surface area contributed by atoms with Crippen molar-refractivity contribution in [3.63, 3.8) is 0 Å². The minimum absolute atomic E-state index is 0.227. The van der Waals surface area contributed by atoms with Crippen LogP contribution in [0.3, 0.4) is 0 Å². The highest BCUT2D eigenvalue weighted by Crippen LogP contribution is 2.17. The van der Waals surface area contributed by atoms with Crippen LogP contribution < -0.4 is 11.1 Å². The van der Waals surface area contributed by atoms with Crippen LogP contribution >= 0.6 is 11.3 Å². The zero-order chi connectivity index (χ0) is 13.0. The average Bonchev–Trinajstić information content (AvgIpc) is 2.81. The number of nitrogens with two attached hydrogens (primary N) is 1. The SMILES string of the molecule is Cc1cc(C)cc(C(CN)NCc2cccs2)c1.